The summed E-state index contributed by atoms with van der Waals surface area (Å²) in [5, 5.41) is 14.2. The number of methoxy groups -OCH3 is 2. The van der Waals surface area contributed by atoms with Gasteiger partial charge in [0, 0.05) is 23.7 Å². The molecule has 3 N–H and O–H groups in total. The second-order valence-corrected chi connectivity index (χ2v) is 5.66. The molecule has 10 heteroatoms. The van der Waals surface area contributed by atoms with Gasteiger partial charge in [0.2, 0.25) is 0 Å². The molecule has 0 aliphatic heterocycles. The van der Waals surface area contributed by atoms with Crippen LogP contribution in [0.25, 0.3) is 10.7 Å². The highest BCUT2D eigenvalue weighted by Gasteiger charge is 2.16. The topological polar surface area (TPSA) is 101 Å². The number of hydrogen-bond donors (Lipinski definition) is 3. The van der Waals surface area contributed by atoms with Crippen LogP contribution < -0.4 is 20.1 Å². The number of anilines is 2. The van der Waals surface area contributed by atoms with E-state index in [1.165, 1.54) is 37.8 Å². The van der Waals surface area contributed by atoms with E-state index >= 15 is 0 Å². The summed E-state index contributed by atoms with van der Waals surface area (Å²) in [4.78, 5) is 16.3. The third-order valence-electron chi connectivity index (χ3n) is 3.26. The number of ether oxygens (including phenoxy) is 2. The molecule has 0 bridgehead atoms. The molecule has 0 spiro atoms. The van der Waals surface area contributed by atoms with Crippen molar-refractivity contribution in [2.75, 3.05) is 24.9 Å². The van der Waals surface area contributed by atoms with Gasteiger partial charge in [-0.2, -0.15) is 5.10 Å². The van der Waals surface area contributed by atoms with Crippen molar-refractivity contribution in [2.45, 2.75) is 0 Å². The fraction of sp³-hybridized carbons (Fsp3) is 0.133. The SMILES string of the molecule is COc1cc(F)c(NC(=O)Nc2cn[nH]c2-c2nccs2)cc1OC. The molecular weight excluding hydrogens is 349 g/mol. The van der Waals surface area contributed by atoms with E-state index in [4.69, 9.17) is 9.47 Å². The molecule has 130 valence electrons. The standard InChI is InChI=1S/C15H14FN5O3S/c1-23-11-5-8(16)9(6-12(11)24-2)19-15(22)20-10-7-18-21-13(10)14-17-3-4-25-14/h3-7H,1-2H3,(H,18,21)(H2,19,20,22). The Kier molecular flexibility index (Phi) is 4.80. The fourth-order valence-electron chi connectivity index (χ4n) is 2.12. The van der Waals surface area contributed by atoms with Crippen LogP contribution in [-0.2, 0) is 0 Å². The minimum Gasteiger partial charge on any atom is -0.493 e. The Morgan fingerprint density at radius 1 is 1.20 bits per heavy atom. The first kappa shape index (κ1) is 16.7. The van der Waals surface area contributed by atoms with E-state index in [2.05, 4.69) is 25.8 Å². The van der Waals surface area contributed by atoms with Gasteiger partial charge >= 0.3 is 6.03 Å². The Hall–Kier alpha value is -3.14. The molecule has 0 aliphatic carbocycles. The number of halogens is 1. The number of nitrogens with zero attached hydrogens (tertiary/aromatic N) is 2. The lowest BCUT2D eigenvalue weighted by atomic mass is 10.2. The summed E-state index contributed by atoms with van der Waals surface area (Å²) in [6, 6.07) is 1.84. The van der Waals surface area contributed by atoms with Gasteiger partial charge in [-0.25, -0.2) is 14.2 Å². The number of nitrogens with one attached hydrogen (secondary N) is 3. The monoisotopic (exact) mass is 363 g/mol. The van der Waals surface area contributed by atoms with Crippen molar-refractivity contribution < 1.29 is 18.7 Å². The van der Waals surface area contributed by atoms with Crippen molar-refractivity contribution in [3.05, 3.63) is 35.7 Å². The summed E-state index contributed by atoms with van der Waals surface area (Å²) in [6.45, 7) is 0. The number of aromatic nitrogens is 3. The molecule has 8 nitrogen and oxygen atoms in total. The van der Waals surface area contributed by atoms with Crippen LogP contribution in [0.3, 0.4) is 0 Å². The van der Waals surface area contributed by atoms with Gasteiger partial charge in [0.15, 0.2) is 17.3 Å². The Morgan fingerprint density at radius 3 is 2.60 bits per heavy atom. The third-order valence-corrected chi connectivity index (χ3v) is 4.05. The molecule has 0 aliphatic rings. The maximum absolute atomic E-state index is 14.1. The van der Waals surface area contributed by atoms with E-state index in [1.54, 1.807) is 11.6 Å². The number of thiazole rings is 1. The van der Waals surface area contributed by atoms with Crippen LogP contribution in [0, 0.1) is 5.82 Å². The van der Waals surface area contributed by atoms with E-state index < -0.39 is 11.8 Å². The number of amides is 2. The molecule has 0 saturated heterocycles. The highest BCUT2D eigenvalue weighted by atomic mass is 32.1. The van der Waals surface area contributed by atoms with Gasteiger partial charge in [0.05, 0.1) is 31.8 Å². The van der Waals surface area contributed by atoms with Crippen molar-refractivity contribution in [1.82, 2.24) is 15.2 Å². The zero-order chi connectivity index (χ0) is 17.8. The number of hydrogen-bond acceptors (Lipinski definition) is 6. The average molecular weight is 363 g/mol. The van der Waals surface area contributed by atoms with Crippen LogP contribution in [0.5, 0.6) is 11.5 Å². The molecule has 0 fully saturated rings. The highest BCUT2D eigenvalue weighted by molar-refractivity contribution is 7.13. The smallest absolute Gasteiger partial charge is 0.323 e. The Morgan fingerprint density at radius 2 is 1.92 bits per heavy atom. The molecular formula is C15H14FN5O3S. The van der Waals surface area contributed by atoms with Gasteiger partial charge in [-0.3, -0.25) is 5.10 Å². The number of rotatable bonds is 5. The molecule has 2 aromatic heterocycles. The predicted molar refractivity (Wildman–Crippen MR) is 91.8 cm³/mol. The van der Waals surface area contributed by atoms with Crippen molar-refractivity contribution >= 4 is 28.7 Å². The predicted octanol–water partition coefficient (Wildman–Crippen LogP) is 3.33. The zero-order valence-electron chi connectivity index (χ0n) is 13.3. The molecule has 0 radical (unpaired) electrons. The molecule has 3 aromatic rings. The number of benzene rings is 1. The van der Waals surface area contributed by atoms with E-state index in [1.807, 2.05) is 0 Å². The van der Waals surface area contributed by atoms with Crippen LogP contribution in [0.4, 0.5) is 20.6 Å². The summed E-state index contributed by atoms with van der Waals surface area (Å²) in [5.74, 6) is -0.127. The first-order valence-electron chi connectivity index (χ1n) is 7.05. The van der Waals surface area contributed by atoms with Crippen LogP contribution in [0.1, 0.15) is 0 Å². The molecule has 3 rings (SSSR count). The summed E-state index contributed by atoms with van der Waals surface area (Å²) < 4.78 is 24.2. The molecule has 1 aromatic carbocycles. The van der Waals surface area contributed by atoms with Crippen molar-refractivity contribution in [3.63, 3.8) is 0 Å². The molecule has 2 amide bonds. The van der Waals surface area contributed by atoms with Gasteiger partial charge in [0.25, 0.3) is 0 Å². The molecule has 0 saturated carbocycles. The first-order chi connectivity index (χ1) is 12.1. The third kappa shape index (κ3) is 3.53. The highest BCUT2D eigenvalue weighted by Crippen LogP contribution is 2.32. The maximum atomic E-state index is 14.1. The lowest BCUT2D eigenvalue weighted by Gasteiger charge is -2.12. The van der Waals surface area contributed by atoms with Gasteiger partial charge in [-0.1, -0.05) is 0 Å². The van der Waals surface area contributed by atoms with E-state index in [0.717, 1.165) is 6.07 Å². The normalized spacial score (nSPS) is 10.4. The lowest BCUT2D eigenvalue weighted by Crippen LogP contribution is -2.20. The number of carbonyl (C=O) groups excluding carboxylic acids is 1. The number of carbonyl (C=O) groups is 1. The summed E-state index contributed by atoms with van der Waals surface area (Å²) in [7, 11) is 2.82. The molecule has 2 heterocycles. The minimum absolute atomic E-state index is 0.0468. The summed E-state index contributed by atoms with van der Waals surface area (Å²) >= 11 is 1.39. The van der Waals surface area contributed by atoms with Crippen LogP contribution in [-0.4, -0.2) is 35.4 Å². The van der Waals surface area contributed by atoms with E-state index in [0.29, 0.717) is 22.1 Å². The molecule has 0 atom stereocenters. The van der Waals surface area contributed by atoms with Gasteiger partial charge < -0.3 is 20.1 Å². The second kappa shape index (κ2) is 7.18. The minimum atomic E-state index is -0.653. The van der Waals surface area contributed by atoms with Crippen LogP contribution in [0.15, 0.2) is 29.9 Å². The fourth-order valence-corrected chi connectivity index (χ4v) is 2.76. The Bertz CT molecular complexity index is 881. The maximum Gasteiger partial charge on any atom is 0.323 e. The average Bonchev–Trinajstić information content (AvgIpc) is 3.27. The van der Waals surface area contributed by atoms with Crippen molar-refractivity contribution in [3.8, 4) is 22.2 Å². The summed E-state index contributed by atoms with van der Waals surface area (Å²) in [5.41, 5.74) is 0.945. The first-order valence-corrected chi connectivity index (χ1v) is 7.93. The van der Waals surface area contributed by atoms with E-state index in [-0.39, 0.29) is 11.4 Å². The molecule has 25 heavy (non-hydrogen) atoms. The Labute approximate surface area is 146 Å². The van der Waals surface area contributed by atoms with Gasteiger partial charge in [0.1, 0.15) is 10.7 Å². The second-order valence-electron chi connectivity index (χ2n) is 4.76. The number of H-pyrrole nitrogens is 1. The van der Waals surface area contributed by atoms with Crippen LogP contribution >= 0.6 is 11.3 Å². The number of aromatic amines is 1. The van der Waals surface area contributed by atoms with Gasteiger partial charge in [-0.05, 0) is 0 Å². The van der Waals surface area contributed by atoms with Crippen LogP contribution in [0.2, 0.25) is 0 Å². The largest absolute Gasteiger partial charge is 0.493 e. The number of urea groups is 1. The molecule has 0 unspecified atom stereocenters. The van der Waals surface area contributed by atoms with Gasteiger partial charge in [-0.15, -0.1) is 11.3 Å². The zero-order valence-corrected chi connectivity index (χ0v) is 14.1. The Balaban J connectivity index is 1.77. The van der Waals surface area contributed by atoms with Crippen molar-refractivity contribution in [1.29, 1.82) is 0 Å². The van der Waals surface area contributed by atoms with E-state index in [9.17, 15) is 9.18 Å². The summed E-state index contributed by atoms with van der Waals surface area (Å²) in [6.07, 6.45) is 3.09. The quantitative estimate of drug-likeness (QED) is 0.645. The van der Waals surface area contributed by atoms with Crippen molar-refractivity contribution in [2.24, 2.45) is 0 Å². The lowest BCUT2D eigenvalue weighted by molar-refractivity contribution is 0.262.